The molecule has 2 heterocycles. The van der Waals surface area contributed by atoms with Crippen molar-refractivity contribution in [1.29, 1.82) is 0 Å². The van der Waals surface area contributed by atoms with Gasteiger partial charge in [-0.15, -0.1) is 26.3 Å². The van der Waals surface area contributed by atoms with Crippen LogP contribution in [0.3, 0.4) is 0 Å². The van der Waals surface area contributed by atoms with Gasteiger partial charge in [-0.2, -0.15) is 0 Å². The number of carbonyl (C=O) groups excluding carboxylic acids is 1. The molecule has 4 aromatic carbocycles. The molecule has 0 aliphatic rings. The number of halogens is 6. The van der Waals surface area contributed by atoms with Crippen LogP contribution in [0.5, 0.6) is 11.5 Å². The van der Waals surface area contributed by atoms with Crippen molar-refractivity contribution in [2.45, 2.75) is 130 Å². The fourth-order valence-electron chi connectivity index (χ4n) is 7.93. The van der Waals surface area contributed by atoms with Crippen LogP contribution in [0, 0.1) is 5.92 Å². The monoisotopic (exact) mass is 950 g/mol. The fraction of sp³-hybridized carbons (Fsp3) is 0.415. The molecule has 6 aromatic rings. The molecule has 68 heavy (non-hydrogen) atoms. The third-order valence-electron chi connectivity index (χ3n) is 11.9. The van der Waals surface area contributed by atoms with E-state index in [9.17, 15) is 40.7 Å². The first kappa shape index (κ1) is 51.3. The molecule has 0 saturated heterocycles. The Kier molecular flexibility index (Phi) is 17.6. The number of rotatable bonds is 23. The Hall–Kier alpha value is -6.09. The average Bonchev–Trinajstić information content (AvgIpc) is 3.28. The zero-order valence-corrected chi connectivity index (χ0v) is 38.6. The Labute approximate surface area is 390 Å². The third-order valence-corrected chi connectivity index (χ3v) is 11.9. The van der Waals surface area contributed by atoms with E-state index in [1.807, 2.05) is 32.9 Å². The van der Waals surface area contributed by atoms with E-state index in [1.165, 1.54) is 36.4 Å². The highest BCUT2D eigenvalue weighted by atomic mass is 19.4. The molecule has 0 aliphatic carbocycles. The van der Waals surface area contributed by atoms with Crippen LogP contribution in [-0.4, -0.2) is 31.6 Å². The average molecular weight is 951 g/mol. The van der Waals surface area contributed by atoms with Crippen molar-refractivity contribution in [3.8, 4) is 33.8 Å². The van der Waals surface area contributed by atoms with Crippen LogP contribution in [0.4, 0.5) is 26.3 Å². The van der Waals surface area contributed by atoms with Gasteiger partial charge in [0, 0.05) is 21.9 Å². The first-order valence-electron chi connectivity index (χ1n) is 23.1. The number of alkyl halides is 6. The van der Waals surface area contributed by atoms with Crippen LogP contribution in [0.15, 0.2) is 103 Å². The summed E-state index contributed by atoms with van der Waals surface area (Å²) in [7, 11) is 0. The van der Waals surface area contributed by atoms with Crippen LogP contribution >= 0.6 is 0 Å². The predicted molar refractivity (Wildman–Crippen MR) is 248 cm³/mol. The quantitative estimate of drug-likeness (QED) is 0.0204. The molecule has 15 heteroatoms. The summed E-state index contributed by atoms with van der Waals surface area (Å²) < 4.78 is 113. The number of benzene rings is 4. The van der Waals surface area contributed by atoms with E-state index in [4.69, 9.17) is 18.3 Å². The number of hydrogen-bond donors (Lipinski definition) is 0. The Balaban J connectivity index is 1.19. The zero-order valence-electron chi connectivity index (χ0n) is 38.6. The lowest BCUT2D eigenvalue weighted by atomic mass is 9.98. The Morgan fingerprint density at radius 2 is 0.985 bits per heavy atom. The number of fused-ring (bicyclic) bond motifs is 2. The molecule has 0 amide bonds. The summed E-state index contributed by atoms with van der Waals surface area (Å²) in [6.07, 6.45) is -1.65. The molecule has 9 nitrogen and oxygen atoms in total. The van der Waals surface area contributed by atoms with E-state index in [0.29, 0.717) is 66.8 Å². The molecule has 0 spiro atoms. The maximum atomic E-state index is 13.5. The van der Waals surface area contributed by atoms with Crippen LogP contribution in [-0.2, 0) is 40.0 Å². The molecule has 0 bridgehead atoms. The van der Waals surface area contributed by atoms with Gasteiger partial charge >= 0.3 is 29.9 Å². The second-order valence-corrected chi connectivity index (χ2v) is 17.1. The molecular weight excluding hydrogens is 895 g/mol. The molecule has 1 atom stereocenters. The molecule has 0 fully saturated rings. The Bertz CT molecular complexity index is 2600. The molecule has 0 saturated carbocycles. The smallest absolute Gasteiger partial charge is 0.438 e. The number of unbranched alkanes of at least 4 members (excludes halogenated alkanes) is 4. The van der Waals surface area contributed by atoms with E-state index in [1.54, 1.807) is 43.3 Å². The summed E-state index contributed by atoms with van der Waals surface area (Å²) in [5.41, 5.74) is 1.42. The van der Waals surface area contributed by atoms with E-state index in [2.05, 4.69) is 9.47 Å². The summed E-state index contributed by atoms with van der Waals surface area (Å²) in [5, 5.41) is 0.970. The van der Waals surface area contributed by atoms with Crippen LogP contribution in [0.1, 0.15) is 108 Å². The van der Waals surface area contributed by atoms with Gasteiger partial charge in [0.05, 0.1) is 23.1 Å². The van der Waals surface area contributed by atoms with Gasteiger partial charge in [-0.25, -0.2) is 9.59 Å². The van der Waals surface area contributed by atoms with Crippen molar-refractivity contribution in [2.24, 2.45) is 5.92 Å². The molecular formula is C53H56F6O9. The van der Waals surface area contributed by atoms with E-state index in [0.717, 1.165) is 49.7 Å². The first-order valence-corrected chi connectivity index (χ1v) is 23.1. The third kappa shape index (κ3) is 14.5. The lowest BCUT2D eigenvalue weighted by Crippen LogP contribution is -2.21. The van der Waals surface area contributed by atoms with Crippen molar-refractivity contribution in [3.63, 3.8) is 0 Å². The minimum atomic E-state index is -4.98. The number of carbonyl (C=O) groups is 1. The maximum absolute atomic E-state index is 13.5. The summed E-state index contributed by atoms with van der Waals surface area (Å²) in [4.78, 5) is 39.1. The van der Waals surface area contributed by atoms with E-state index in [-0.39, 0.29) is 46.1 Å². The molecule has 2 aromatic heterocycles. The molecule has 6 rings (SSSR count). The molecule has 1 unspecified atom stereocenters. The van der Waals surface area contributed by atoms with Crippen molar-refractivity contribution < 1.29 is 58.9 Å². The second-order valence-electron chi connectivity index (χ2n) is 17.1. The minimum absolute atomic E-state index is 0.0409. The Morgan fingerprint density at radius 1 is 0.559 bits per heavy atom. The summed E-state index contributed by atoms with van der Waals surface area (Å²) >= 11 is 0. The minimum Gasteiger partial charge on any atom is -0.438 e. The van der Waals surface area contributed by atoms with Gasteiger partial charge < -0.3 is 27.8 Å². The fourth-order valence-corrected chi connectivity index (χ4v) is 7.93. The zero-order chi connectivity index (χ0) is 49.0. The van der Waals surface area contributed by atoms with Gasteiger partial charge in [0.15, 0.2) is 6.79 Å². The van der Waals surface area contributed by atoms with Crippen LogP contribution in [0.2, 0.25) is 0 Å². The van der Waals surface area contributed by atoms with Gasteiger partial charge in [-0.1, -0.05) is 102 Å². The highest BCUT2D eigenvalue weighted by molar-refractivity contribution is 5.85. The van der Waals surface area contributed by atoms with Crippen LogP contribution < -0.4 is 20.7 Å². The van der Waals surface area contributed by atoms with Crippen molar-refractivity contribution >= 4 is 27.9 Å². The Morgan fingerprint density at radius 3 is 1.40 bits per heavy atom. The highest BCUT2D eigenvalue weighted by Crippen LogP contribution is 2.37. The number of hydrogen-bond acceptors (Lipinski definition) is 9. The van der Waals surface area contributed by atoms with E-state index >= 15 is 0 Å². The standard InChI is InChI=1S/C53H56F6O9/c1-5-8-10-12-34-18-24-41(47(28-34)67-52(54,55)56)43-30-38-20-14-36(26-45(38)65-50(43)61)16-22-40(63-32-64-49(60)33(4)7-3)23-17-37-15-21-39-31-44(51(62)66-46(39)27-37)42-25-19-35(13-11-9-6-2)29-48(42)68-53(57,58)59/h14-15,18-21,24-31,33,40H,5-13,16-17,22-23,32H2,1-4H3. The topological polar surface area (TPSA) is 114 Å². The molecule has 0 N–H and O–H groups in total. The lowest BCUT2D eigenvalue weighted by Gasteiger charge is -2.19. The van der Waals surface area contributed by atoms with Gasteiger partial charge in [-0.05, 0) is 116 Å². The van der Waals surface area contributed by atoms with Crippen molar-refractivity contribution in [1.82, 2.24) is 0 Å². The van der Waals surface area contributed by atoms with Crippen molar-refractivity contribution in [2.75, 3.05) is 6.79 Å². The summed E-state index contributed by atoms with van der Waals surface area (Å²) in [5.74, 6) is -1.69. The lowest BCUT2D eigenvalue weighted by molar-refractivity contribution is -0.275. The summed E-state index contributed by atoms with van der Waals surface area (Å²) in [6, 6.07) is 22.3. The van der Waals surface area contributed by atoms with Gasteiger partial charge in [0.25, 0.3) is 0 Å². The van der Waals surface area contributed by atoms with Gasteiger partial charge in [-0.3, -0.25) is 4.79 Å². The normalized spacial score (nSPS) is 12.5. The SMILES string of the molecule is CCCCCc1ccc(-c2cc3ccc(CCC(CCc4ccc5cc(-c6ccc(CCCCC)cc6OC(F)(F)F)c(=O)oc5c4)OCOC(=O)C(C)CC)cc3oc2=O)c(OC(F)(F)F)c1. The highest BCUT2D eigenvalue weighted by Gasteiger charge is 2.34. The van der Waals surface area contributed by atoms with Crippen molar-refractivity contribution in [3.05, 3.63) is 128 Å². The van der Waals surface area contributed by atoms with E-state index < -0.39 is 47.5 Å². The number of aryl methyl sites for hydroxylation is 4. The molecule has 0 aliphatic heterocycles. The summed E-state index contributed by atoms with van der Waals surface area (Å²) in [6.45, 7) is 7.39. The van der Waals surface area contributed by atoms with Gasteiger partial charge in [0.2, 0.25) is 0 Å². The van der Waals surface area contributed by atoms with Gasteiger partial charge in [0.1, 0.15) is 22.7 Å². The second kappa shape index (κ2) is 23.3. The maximum Gasteiger partial charge on any atom is 0.573 e. The van der Waals surface area contributed by atoms with Crippen LogP contribution in [0.25, 0.3) is 44.2 Å². The number of ether oxygens (including phenoxy) is 4. The molecule has 0 radical (unpaired) electrons. The first-order chi connectivity index (χ1) is 32.4. The molecule has 364 valence electrons. The largest absolute Gasteiger partial charge is 0.573 e. The number of esters is 1. The predicted octanol–water partition coefficient (Wildman–Crippen LogP) is 14.0.